The zero-order valence-corrected chi connectivity index (χ0v) is 14.5. The second-order valence-electron chi connectivity index (χ2n) is 7.20. The van der Waals surface area contributed by atoms with Crippen molar-refractivity contribution in [3.05, 3.63) is 35.0 Å². The number of carbonyl (C=O) groups is 1. The number of aromatic nitrogens is 3. The van der Waals surface area contributed by atoms with Crippen LogP contribution in [0, 0.1) is 12.8 Å². The molecule has 2 aromatic rings. The van der Waals surface area contributed by atoms with Crippen molar-refractivity contribution < 1.29 is 14.4 Å². The van der Waals surface area contributed by atoms with Gasteiger partial charge in [-0.25, -0.2) is 0 Å². The maximum atomic E-state index is 12.6. The Morgan fingerprint density at radius 3 is 2.88 bits per heavy atom. The van der Waals surface area contributed by atoms with Gasteiger partial charge in [0.15, 0.2) is 0 Å². The monoisotopic (exact) mass is 344 g/mol. The van der Waals surface area contributed by atoms with E-state index in [0.717, 1.165) is 42.9 Å². The fourth-order valence-electron chi connectivity index (χ4n) is 3.60. The predicted octanol–water partition coefficient (Wildman–Crippen LogP) is 1.99. The average molecular weight is 344 g/mol. The van der Waals surface area contributed by atoms with Crippen LogP contribution < -0.4 is 0 Å². The van der Waals surface area contributed by atoms with Gasteiger partial charge in [0.2, 0.25) is 5.91 Å². The zero-order chi connectivity index (χ0) is 17.4. The van der Waals surface area contributed by atoms with Crippen LogP contribution in [-0.2, 0) is 24.3 Å². The molecule has 2 aromatic heterocycles. The number of rotatable bonds is 4. The second kappa shape index (κ2) is 6.63. The molecule has 1 aliphatic heterocycles. The molecular formula is C18H24N4O3. The van der Waals surface area contributed by atoms with E-state index in [0.29, 0.717) is 24.8 Å². The van der Waals surface area contributed by atoms with E-state index in [1.165, 1.54) is 6.42 Å². The first kappa shape index (κ1) is 16.3. The summed E-state index contributed by atoms with van der Waals surface area (Å²) in [4.78, 5) is 14.4. The Bertz CT molecular complexity index is 762. The van der Waals surface area contributed by atoms with E-state index in [2.05, 4.69) is 10.3 Å². The van der Waals surface area contributed by atoms with Crippen LogP contribution in [0.1, 0.15) is 54.6 Å². The molecule has 0 spiro atoms. The molecule has 7 nitrogen and oxygen atoms in total. The third kappa shape index (κ3) is 3.33. The smallest absolute Gasteiger partial charge is 0.230 e. The summed E-state index contributed by atoms with van der Waals surface area (Å²) in [5, 5.41) is 18.9. The van der Waals surface area contributed by atoms with Crippen LogP contribution in [0.2, 0.25) is 0 Å². The van der Waals surface area contributed by atoms with Crippen LogP contribution in [0.15, 0.2) is 16.7 Å². The zero-order valence-electron chi connectivity index (χ0n) is 14.5. The van der Waals surface area contributed by atoms with E-state index in [4.69, 9.17) is 4.52 Å². The standard InChI is InChI=1S/C18H24N4O3/c1-12-8-15(25-20-12)10-17(23)21-6-3-7-22-14(11-21)9-16(19-22)18(24)13-4-2-5-13/h8-9,13,18,24H,2-7,10-11H2,1H3/t18-/m0/s1. The molecule has 25 heavy (non-hydrogen) atoms. The number of nitrogens with zero attached hydrogens (tertiary/aromatic N) is 4. The minimum Gasteiger partial charge on any atom is -0.386 e. The van der Waals surface area contributed by atoms with E-state index in [1.807, 2.05) is 22.6 Å². The largest absolute Gasteiger partial charge is 0.386 e. The number of carbonyl (C=O) groups excluding carboxylic acids is 1. The van der Waals surface area contributed by atoms with Crippen molar-refractivity contribution in [2.45, 2.75) is 58.2 Å². The molecule has 3 heterocycles. The van der Waals surface area contributed by atoms with Gasteiger partial charge in [0.1, 0.15) is 11.9 Å². The molecule has 1 amide bonds. The summed E-state index contributed by atoms with van der Waals surface area (Å²) in [7, 11) is 0. The van der Waals surface area contributed by atoms with Gasteiger partial charge in [0, 0.05) is 19.2 Å². The molecule has 1 saturated carbocycles. The highest BCUT2D eigenvalue weighted by atomic mass is 16.5. The third-order valence-electron chi connectivity index (χ3n) is 5.29. The molecule has 4 rings (SSSR count). The minimum absolute atomic E-state index is 0.0342. The van der Waals surface area contributed by atoms with Gasteiger partial charge in [-0.1, -0.05) is 11.6 Å². The van der Waals surface area contributed by atoms with Crippen molar-refractivity contribution >= 4 is 5.91 Å². The Morgan fingerprint density at radius 1 is 1.36 bits per heavy atom. The van der Waals surface area contributed by atoms with Gasteiger partial charge in [-0.2, -0.15) is 5.10 Å². The van der Waals surface area contributed by atoms with Crippen LogP contribution in [0.3, 0.4) is 0 Å². The van der Waals surface area contributed by atoms with Crippen LogP contribution in [0.25, 0.3) is 0 Å². The third-order valence-corrected chi connectivity index (χ3v) is 5.29. The summed E-state index contributed by atoms with van der Waals surface area (Å²) in [5.41, 5.74) is 2.53. The molecule has 7 heteroatoms. The Morgan fingerprint density at radius 2 is 2.20 bits per heavy atom. The minimum atomic E-state index is -0.477. The summed E-state index contributed by atoms with van der Waals surface area (Å²) >= 11 is 0. The Labute approximate surface area is 146 Å². The Balaban J connectivity index is 1.46. The van der Waals surface area contributed by atoms with E-state index >= 15 is 0 Å². The molecular weight excluding hydrogens is 320 g/mol. The molecule has 1 atom stereocenters. The molecule has 1 N–H and O–H groups in total. The first-order chi connectivity index (χ1) is 12.1. The van der Waals surface area contributed by atoms with Gasteiger partial charge in [0.25, 0.3) is 0 Å². The number of fused-ring (bicyclic) bond motifs is 1. The molecule has 0 aromatic carbocycles. The summed E-state index contributed by atoms with van der Waals surface area (Å²) < 4.78 is 7.11. The lowest BCUT2D eigenvalue weighted by Crippen LogP contribution is -2.31. The van der Waals surface area contributed by atoms with Gasteiger partial charge in [0.05, 0.1) is 30.0 Å². The number of aliphatic hydroxyl groups excluding tert-OH is 1. The van der Waals surface area contributed by atoms with Gasteiger partial charge in [-0.15, -0.1) is 0 Å². The SMILES string of the molecule is Cc1cc(CC(=O)N2CCCn3nc([C@@H](O)C4CCC4)cc3C2)on1. The van der Waals surface area contributed by atoms with Crippen LogP contribution in [-0.4, -0.2) is 37.4 Å². The van der Waals surface area contributed by atoms with Crippen LogP contribution in [0.5, 0.6) is 0 Å². The molecule has 0 saturated heterocycles. The summed E-state index contributed by atoms with van der Waals surface area (Å²) in [6.45, 7) is 3.85. The molecule has 1 fully saturated rings. The average Bonchev–Trinajstić information content (AvgIpc) is 3.06. The van der Waals surface area contributed by atoms with E-state index in [-0.39, 0.29) is 12.3 Å². The summed E-state index contributed by atoms with van der Waals surface area (Å²) in [6.07, 6.45) is 3.95. The quantitative estimate of drug-likeness (QED) is 0.917. The van der Waals surface area contributed by atoms with Crippen molar-refractivity contribution in [3.8, 4) is 0 Å². The lowest BCUT2D eigenvalue weighted by molar-refractivity contribution is -0.131. The number of hydrogen-bond donors (Lipinski definition) is 1. The van der Waals surface area contributed by atoms with Crippen molar-refractivity contribution in [2.24, 2.45) is 5.92 Å². The highest BCUT2D eigenvalue weighted by molar-refractivity contribution is 5.78. The van der Waals surface area contributed by atoms with Crippen molar-refractivity contribution in [3.63, 3.8) is 0 Å². The first-order valence-corrected chi connectivity index (χ1v) is 9.05. The van der Waals surface area contributed by atoms with Gasteiger partial charge >= 0.3 is 0 Å². The Kier molecular flexibility index (Phi) is 4.33. The summed E-state index contributed by atoms with van der Waals surface area (Å²) in [6, 6.07) is 3.76. The first-order valence-electron chi connectivity index (χ1n) is 9.05. The lowest BCUT2D eigenvalue weighted by Gasteiger charge is -2.29. The van der Waals surface area contributed by atoms with Gasteiger partial charge in [-0.3, -0.25) is 9.48 Å². The van der Waals surface area contributed by atoms with E-state index in [9.17, 15) is 9.90 Å². The molecule has 0 bridgehead atoms. The molecule has 0 unspecified atom stereocenters. The normalized spacial score (nSPS) is 19.2. The molecule has 1 aliphatic carbocycles. The van der Waals surface area contributed by atoms with Crippen LogP contribution in [0.4, 0.5) is 0 Å². The van der Waals surface area contributed by atoms with Crippen LogP contribution >= 0.6 is 0 Å². The van der Waals surface area contributed by atoms with Crippen molar-refractivity contribution in [1.29, 1.82) is 0 Å². The van der Waals surface area contributed by atoms with Gasteiger partial charge in [-0.05, 0) is 38.2 Å². The fraction of sp³-hybridized carbons (Fsp3) is 0.611. The highest BCUT2D eigenvalue weighted by Crippen LogP contribution is 2.37. The topological polar surface area (TPSA) is 84.4 Å². The Hall–Kier alpha value is -2.15. The second-order valence-corrected chi connectivity index (χ2v) is 7.20. The molecule has 2 aliphatic rings. The number of aliphatic hydroxyl groups is 1. The number of aryl methyl sites for hydroxylation is 2. The highest BCUT2D eigenvalue weighted by Gasteiger charge is 2.30. The maximum Gasteiger partial charge on any atom is 0.230 e. The van der Waals surface area contributed by atoms with Crippen molar-refractivity contribution in [2.75, 3.05) is 6.54 Å². The predicted molar refractivity (Wildman–Crippen MR) is 89.5 cm³/mol. The van der Waals surface area contributed by atoms with E-state index in [1.54, 1.807) is 6.07 Å². The number of amides is 1. The molecule has 0 radical (unpaired) electrons. The number of hydrogen-bond acceptors (Lipinski definition) is 5. The lowest BCUT2D eigenvalue weighted by atomic mass is 9.80. The summed E-state index contributed by atoms with van der Waals surface area (Å²) in [5.74, 6) is 0.972. The molecule has 134 valence electrons. The fourth-order valence-corrected chi connectivity index (χ4v) is 3.60. The van der Waals surface area contributed by atoms with Crippen molar-refractivity contribution in [1.82, 2.24) is 19.8 Å². The van der Waals surface area contributed by atoms with Gasteiger partial charge < -0.3 is 14.5 Å². The maximum absolute atomic E-state index is 12.6. The van der Waals surface area contributed by atoms with E-state index < -0.39 is 6.10 Å².